The number of carbonyl (C=O) groups is 1. The van der Waals surface area contributed by atoms with Crippen LogP contribution in [0.3, 0.4) is 0 Å². The molecule has 15 nitrogen and oxygen atoms in total. The molecule has 3 fully saturated rings. The summed E-state index contributed by atoms with van der Waals surface area (Å²) in [5.74, 6) is -1.64. The van der Waals surface area contributed by atoms with Crippen molar-refractivity contribution in [2.45, 2.75) is 79.9 Å². The van der Waals surface area contributed by atoms with E-state index in [0.717, 1.165) is 0 Å². The zero-order chi connectivity index (χ0) is 23.0. The highest BCUT2D eigenvalue weighted by molar-refractivity contribution is 5.73. The molecule has 3 rings (SSSR count). The summed E-state index contributed by atoms with van der Waals surface area (Å²) >= 11 is 0. The summed E-state index contributed by atoms with van der Waals surface area (Å²) in [6, 6.07) is 0. The number of aliphatic hydroxyl groups is 8. The summed E-state index contributed by atoms with van der Waals surface area (Å²) < 4.78 is 25.7. The lowest BCUT2D eigenvalue weighted by Gasteiger charge is -2.40. The highest BCUT2D eigenvalue weighted by Gasteiger charge is 2.53. The molecular weight excluding hydrogens is 432 g/mol. The summed E-state index contributed by atoms with van der Waals surface area (Å²) in [4.78, 5) is 11.2. The Morgan fingerprint density at radius 2 is 1.42 bits per heavy atom. The second-order valence-electron chi connectivity index (χ2n) is 7.43. The molecule has 0 aromatic heterocycles. The molecule has 0 saturated carbocycles. The molecule has 31 heavy (non-hydrogen) atoms. The lowest BCUT2D eigenvalue weighted by Crippen LogP contribution is -2.61. The zero-order valence-corrected chi connectivity index (χ0v) is 15.9. The van der Waals surface area contributed by atoms with Gasteiger partial charge in [0.2, 0.25) is 0 Å². The van der Waals surface area contributed by atoms with E-state index >= 15 is 0 Å². The van der Waals surface area contributed by atoms with Gasteiger partial charge in [0.15, 0.2) is 25.0 Å². The molecule has 3 heterocycles. The molecule has 0 unspecified atom stereocenters. The SMILES string of the molecule is O=C(O)[C@H]1O[C@H](O[C@@H]2[C@@H](O)[C@H](O[C@@H]3[C@@H](O)[C@H](O)OC[C@H]3O)O[C@H]2CO)[C@H](O)[C@@H](O)[C@@H]1O. The molecule has 3 saturated heterocycles. The molecule has 0 spiro atoms. The molecule has 3 aliphatic rings. The van der Waals surface area contributed by atoms with Crippen molar-refractivity contribution in [3.63, 3.8) is 0 Å². The van der Waals surface area contributed by atoms with Crippen LogP contribution >= 0.6 is 0 Å². The van der Waals surface area contributed by atoms with Crippen LogP contribution in [0.2, 0.25) is 0 Å². The van der Waals surface area contributed by atoms with Gasteiger partial charge in [-0.3, -0.25) is 0 Å². The van der Waals surface area contributed by atoms with Crippen molar-refractivity contribution < 1.29 is 74.4 Å². The Hall–Kier alpha value is -1.05. The number of ether oxygens (including phenoxy) is 5. The molecule has 0 radical (unpaired) electrons. The number of rotatable bonds is 6. The molecule has 13 atom stereocenters. The van der Waals surface area contributed by atoms with Crippen molar-refractivity contribution in [3.05, 3.63) is 0 Å². The first-order valence-corrected chi connectivity index (χ1v) is 9.40. The van der Waals surface area contributed by atoms with Gasteiger partial charge in [0.1, 0.15) is 54.9 Å². The van der Waals surface area contributed by atoms with Crippen molar-refractivity contribution >= 4 is 5.97 Å². The molecular formula is C16H26O15. The third-order valence-electron chi connectivity index (χ3n) is 5.31. The fraction of sp³-hybridized carbons (Fsp3) is 0.938. The second-order valence-corrected chi connectivity index (χ2v) is 7.43. The first-order valence-electron chi connectivity index (χ1n) is 9.40. The normalized spacial score (nSPS) is 51.0. The van der Waals surface area contributed by atoms with Crippen LogP contribution in [0.15, 0.2) is 0 Å². The van der Waals surface area contributed by atoms with Gasteiger partial charge in [-0.25, -0.2) is 4.79 Å². The first-order chi connectivity index (χ1) is 14.6. The predicted octanol–water partition coefficient (Wildman–Crippen LogP) is -6.20. The van der Waals surface area contributed by atoms with Crippen LogP contribution in [-0.2, 0) is 28.5 Å². The molecule has 0 amide bonds. The van der Waals surface area contributed by atoms with E-state index in [1.165, 1.54) is 0 Å². The maximum absolute atomic E-state index is 11.2. The van der Waals surface area contributed by atoms with Crippen molar-refractivity contribution in [2.75, 3.05) is 13.2 Å². The Morgan fingerprint density at radius 3 is 2.03 bits per heavy atom. The lowest BCUT2D eigenvalue weighted by atomic mass is 9.98. The largest absolute Gasteiger partial charge is 0.479 e. The van der Waals surface area contributed by atoms with Crippen molar-refractivity contribution in [1.29, 1.82) is 0 Å². The van der Waals surface area contributed by atoms with E-state index in [9.17, 15) is 45.6 Å². The monoisotopic (exact) mass is 458 g/mol. The average molecular weight is 458 g/mol. The van der Waals surface area contributed by atoms with Gasteiger partial charge >= 0.3 is 5.97 Å². The third-order valence-corrected chi connectivity index (χ3v) is 5.31. The van der Waals surface area contributed by atoms with E-state index in [4.69, 9.17) is 28.8 Å². The van der Waals surface area contributed by atoms with Gasteiger partial charge in [-0.05, 0) is 0 Å². The number of aliphatic carboxylic acids is 1. The fourth-order valence-electron chi connectivity index (χ4n) is 3.56. The summed E-state index contributed by atoms with van der Waals surface area (Å²) in [6.45, 7) is -1.12. The van der Waals surface area contributed by atoms with Crippen LogP contribution in [0.5, 0.6) is 0 Å². The van der Waals surface area contributed by atoms with Crippen LogP contribution in [0.1, 0.15) is 0 Å². The quantitative estimate of drug-likeness (QED) is 0.180. The van der Waals surface area contributed by atoms with E-state index in [0.29, 0.717) is 0 Å². The minimum Gasteiger partial charge on any atom is -0.479 e. The van der Waals surface area contributed by atoms with Crippen LogP contribution < -0.4 is 0 Å². The predicted molar refractivity (Wildman–Crippen MR) is 89.8 cm³/mol. The minimum absolute atomic E-state index is 0.381. The maximum Gasteiger partial charge on any atom is 0.335 e. The first kappa shape index (κ1) is 24.6. The van der Waals surface area contributed by atoms with Gasteiger partial charge in [0.25, 0.3) is 0 Å². The fourth-order valence-corrected chi connectivity index (χ4v) is 3.56. The lowest BCUT2D eigenvalue weighted by molar-refractivity contribution is -0.312. The molecule has 9 N–H and O–H groups in total. The number of carboxylic acids is 1. The van der Waals surface area contributed by atoms with Gasteiger partial charge < -0.3 is 69.6 Å². The van der Waals surface area contributed by atoms with E-state index in [1.807, 2.05) is 0 Å². The molecule has 0 aromatic carbocycles. The molecule has 0 aliphatic carbocycles. The summed E-state index contributed by atoms with van der Waals surface area (Å²) in [6.07, 6.45) is -21.9. The van der Waals surface area contributed by atoms with Crippen LogP contribution in [-0.4, -0.2) is 145 Å². The number of hydrogen-bond donors (Lipinski definition) is 9. The standard InChI is InChI=1S/C16H26O15/c17-1-4-11(30-15-7(21)5(19)6(20)12(31-15)13(24)25)9(23)16(28-4)29-10-3(18)2-27-14(26)8(10)22/h3-12,14-23,26H,1-2H2,(H,24,25)/t3-,4+,5+,6+,7-,8-,9-,10+,11+,12+,14-,15+,16+/m1/s1. The number of aliphatic hydroxyl groups excluding tert-OH is 8. The third kappa shape index (κ3) is 4.83. The van der Waals surface area contributed by atoms with E-state index in [2.05, 4.69) is 0 Å². The topological polar surface area (TPSA) is 245 Å². The number of hydrogen-bond acceptors (Lipinski definition) is 14. The molecule has 0 bridgehead atoms. The van der Waals surface area contributed by atoms with E-state index in [1.54, 1.807) is 0 Å². The highest BCUT2D eigenvalue weighted by atomic mass is 16.8. The zero-order valence-electron chi connectivity index (χ0n) is 15.9. The van der Waals surface area contributed by atoms with Crippen LogP contribution in [0.4, 0.5) is 0 Å². The Balaban J connectivity index is 1.70. The molecule has 3 aliphatic heterocycles. The van der Waals surface area contributed by atoms with E-state index < -0.39 is 92.5 Å². The van der Waals surface area contributed by atoms with Gasteiger partial charge in [0, 0.05) is 0 Å². The summed E-state index contributed by atoms with van der Waals surface area (Å²) in [5.41, 5.74) is 0. The van der Waals surface area contributed by atoms with Gasteiger partial charge in [-0.1, -0.05) is 0 Å². The maximum atomic E-state index is 11.2. The molecule has 0 aromatic rings. The van der Waals surface area contributed by atoms with Crippen molar-refractivity contribution in [1.82, 2.24) is 0 Å². The Kier molecular flexibility index (Phi) is 7.80. The van der Waals surface area contributed by atoms with Gasteiger partial charge in [-0.15, -0.1) is 0 Å². The van der Waals surface area contributed by atoms with Gasteiger partial charge in [-0.2, -0.15) is 0 Å². The smallest absolute Gasteiger partial charge is 0.335 e. The van der Waals surface area contributed by atoms with Gasteiger partial charge in [0.05, 0.1) is 13.2 Å². The Morgan fingerprint density at radius 1 is 0.806 bits per heavy atom. The summed E-state index contributed by atoms with van der Waals surface area (Å²) in [5, 5.41) is 88.2. The molecule has 15 heteroatoms. The number of carboxylic acid groups (broad SMARTS) is 1. The Labute approximate surface area is 174 Å². The average Bonchev–Trinajstić information content (AvgIpc) is 3.02. The summed E-state index contributed by atoms with van der Waals surface area (Å²) in [7, 11) is 0. The molecule has 180 valence electrons. The van der Waals surface area contributed by atoms with Crippen LogP contribution in [0, 0.1) is 0 Å². The van der Waals surface area contributed by atoms with E-state index in [-0.39, 0.29) is 6.61 Å². The van der Waals surface area contributed by atoms with Crippen LogP contribution in [0.25, 0.3) is 0 Å². The van der Waals surface area contributed by atoms with Crippen molar-refractivity contribution in [3.8, 4) is 0 Å². The Bertz CT molecular complexity index is 620. The second kappa shape index (κ2) is 9.84. The highest BCUT2D eigenvalue weighted by Crippen LogP contribution is 2.32. The van der Waals surface area contributed by atoms with Crippen molar-refractivity contribution in [2.24, 2.45) is 0 Å². The minimum atomic E-state index is -1.95.